The maximum atomic E-state index is 13.1. The van der Waals surface area contributed by atoms with Gasteiger partial charge in [-0.1, -0.05) is 303 Å². The Bertz CT molecular complexity index is 1050. The minimum Gasteiger partial charge on any atom is -0.394 e. The molecule has 6 N–H and O–H groups in total. The number of hydrogen-bond donors (Lipinski definition) is 6. The molecule has 1 aliphatic rings. The predicted molar refractivity (Wildman–Crippen MR) is 291 cm³/mol. The number of aliphatic hydroxyl groups is 5. The molecule has 1 rings (SSSR count). The van der Waals surface area contributed by atoms with Crippen molar-refractivity contribution in [2.24, 2.45) is 0 Å². The molecule has 1 heterocycles. The van der Waals surface area contributed by atoms with Crippen LogP contribution >= 0.6 is 0 Å². The zero-order valence-corrected chi connectivity index (χ0v) is 45.9. The predicted octanol–water partition coefficient (Wildman–Crippen LogP) is 15.4. The molecule has 1 saturated heterocycles. The average molecular weight is 983 g/mol. The van der Waals surface area contributed by atoms with E-state index in [0.717, 1.165) is 38.5 Å². The second-order valence-corrected chi connectivity index (χ2v) is 21.9. The molecule has 1 fully saturated rings. The fourth-order valence-corrected chi connectivity index (χ4v) is 10.3. The van der Waals surface area contributed by atoms with Crippen LogP contribution in [0, 0.1) is 0 Å². The summed E-state index contributed by atoms with van der Waals surface area (Å²) in [6.45, 7) is 3.90. The van der Waals surface area contributed by atoms with Crippen molar-refractivity contribution in [1.29, 1.82) is 0 Å². The van der Waals surface area contributed by atoms with E-state index in [9.17, 15) is 30.3 Å². The van der Waals surface area contributed by atoms with Crippen LogP contribution in [-0.4, -0.2) is 87.5 Å². The highest BCUT2D eigenvalue weighted by molar-refractivity contribution is 5.76. The summed E-state index contributed by atoms with van der Waals surface area (Å²) < 4.78 is 11.3. The zero-order chi connectivity index (χ0) is 50.1. The summed E-state index contributed by atoms with van der Waals surface area (Å²) in [5.41, 5.74) is 0. The minimum atomic E-state index is -1.55. The number of rotatable bonds is 54. The van der Waals surface area contributed by atoms with Gasteiger partial charge in [0.05, 0.1) is 25.4 Å². The van der Waals surface area contributed by atoms with Crippen molar-refractivity contribution in [1.82, 2.24) is 5.32 Å². The average Bonchev–Trinajstić information content (AvgIpc) is 3.35. The second kappa shape index (κ2) is 50.7. The SMILES string of the molecule is CCCCCCCCCCCCCCCCCCCCCCCCCCC(=O)NC(COC1OC(CO)C(O)C(O)C1O)C(O)CCCCCCCCCCCCCCCCCCCCCCCC. The molecule has 7 atom stereocenters. The van der Waals surface area contributed by atoms with Crippen LogP contribution in [-0.2, 0) is 14.3 Å². The van der Waals surface area contributed by atoms with Gasteiger partial charge in [-0.05, 0) is 12.8 Å². The van der Waals surface area contributed by atoms with Gasteiger partial charge in [-0.25, -0.2) is 0 Å². The largest absolute Gasteiger partial charge is 0.394 e. The third kappa shape index (κ3) is 40.3. The summed E-state index contributed by atoms with van der Waals surface area (Å²) in [6, 6.07) is -0.714. The Morgan fingerprint density at radius 1 is 0.435 bits per heavy atom. The quantitative estimate of drug-likeness (QED) is 0.0330. The first-order valence-corrected chi connectivity index (χ1v) is 30.7. The Hall–Kier alpha value is -0.810. The number of carbonyl (C=O) groups excluding carboxylic acids is 1. The van der Waals surface area contributed by atoms with Gasteiger partial charge in [-0.15, -0.1) is 0 Å². The van der Waals surface area contributed by atoms with Crippen molar-refractivity contribution >= 4 is 5.91 Å². The lowest BCUT2D eigenvalue weighted by Gasteiger charge is -2.40. The molecule has 0 saturated carbocycles. The van der Waals surface area contributed by atoms with Crippen LogP contribution in [0.15, 0.2) is 0 Å². The molecule has 0 aliphatic carbocycles. The molecule has 1 amide bonds. The highest BCUT2D eigenvalue weighted by Gasteiger charge is 2.44. The molecule has 0 aromatic heterocycles. The van der Waals surface area contributed by atoms with Gasteiger partial charge in [0.1, 0.15) is 24.4 Å². The van der Waals surface area contributed by atoms with Crippen molar-refractivity contribution in [3.8, 4) is 0 Å². The Morgan fingerprint density at radius 3 is 1.03 bits per heavy atom. The molecule has 0 aromatic carbocycles. The van der Waals surface area contributed by atoms with Crippen LogP contribution in [0.3, 0.4) is 0 Å². The second-order valence-electron chi connectivity index (χ2n) is 21.9. The number of ether oxygens (including phenoxy) is 2. The summed E-state index contributed by atoms with van der Waals surface area (Å²) >= 11 is 0. The van der Waals surface area contributed by atoms with E-state index in [1.165, 1.54) is 257 Å². The molecule has 1 aliphatic heterocycles. The van der Waals surface area contributed by atoms with Crippen molar-refractivity contribution in [3.05, 3.63) is 0 Å². The molecule has 0 aromatic rings. The van der Waals surface area contributed by atoms with Crippen molar-refractivity contribution in [3.63, 3.8) is 0 Å². The van der Waals surface area contributed by atoms with Crippen LogP contribution in [0.4, 0.5) is 0 Å². The van der Waals surface area contributed by atoms with Crippen LogP contribution in [0.25, 0.3) is 0 Å². The number of unbranched alkanes of at least 4 members (excludes halogenated alkanes) is 44. The number of aliphatic hydroxyl groups excluding tert-OH is 5. The monoisotopic (exact) mass is 982 g/mol. The Kier molecular flexibility index (Phi) is 48.7. The highest BCUT2D eigenvalue weighted by atomic mass is 16.7. The van der Waals surface area contributed by atoms with E-state index in [4.69, 9.17) is 9.47 Å². The highest BCUT2D eigenvalue weighted by Crippen LogP contribution is 2.24. The van der Waals surface area contributed by atoms with Gasteiger partial charge < -0.3 is 40.3 Å². The molecule has 0 bridgehead atoms. The summed E-state index contributed by atoms with van der Waals surface area (Å²) in [6.07, 6.45) is 54.2. The third-order valence-electron chi connectivity index (χ3n) is 15.2. The summed E-state index contributed by atoms with van der Waals surface area (Å²) in [4.78, 5) is 13.1. The molecule has 0 spiro atoms. The van der Waals surface area contributed by atoms with Gasteiger partial charge in [0.2, 0.25) is 5.91 Å². The lowest BCUT2D eigenvalue weighted by molar-refractivity contribution is -0.302. The minimum absolute atomic E-state index is 0.131. The Balaban J connectivity index is 2.16. The zero-order valence-electron chi connectivity index (χ0n) is 45.9. The van der Waals surface area contributed by atoms with Crippen LogP contribution in [0.5, 0.6) is 0 Å². The van der Waals surface area contributed by atoms with Gasteiger partial charge in [-0.3, -0.25) is 4.79 Å². The van der Waals surface area contributed by atoms with Crippen LogP contribution < -0.4 is 5.32 Å². The lowest BCUT2D eigenvalue weighted by atomic mass is 9.99. The van der Waals surface area contributed by atoms with Crippen LogP contribution in [0.1, 0.15) is 322 Å². The standard InChI is InChI=1S/C60H119NO8/c1-3-5-7-9-11-13-15-17-19-21-23-25-27-28-30-32-34-36-38-40-42-44-46-48-50-56(64)61-53(52-68-60-59(67)58(66)57(65)55(51-62)69-60)54(63)49-47-45-43-41-39-37-35-33-31-29-26-24-22-20-18-16-14-12-10-8-6-4-2/h53-55,57-60,62-63,65-67H,3-52H2,1-2H3,(H,61,64). The third-order valence-corrected chi connectivity index (χ3v) is 15.2. The molecule has 412 valence electrons. The first kappa shape index (κ1) is 66.2. The topological polar surface area (TPSA) is 149 Å². The molecule has 9 heteroatoms. The fraction of sp³-hybridized carbons (Fsp3) is 0.983. The van der Waals surface area contributed by atoms with E-state index in [2.05, 4.69) is 19.2 Å². The molecule has 7 unspecified atom stereocenters. The Morgan fingerprint density at radius 2 is 0.725 bits per heavy atom. The summed E-state index contributed by atoms with van der Waals surface area (Å²) in [5.74, 6) is -0.135. The lowest BCUT2D eigenvalue weighted by Crippen LogP contribution is -2.60. The number of hydrogen-bond acceptors (Lipinski definition) is 8. The molecule has 9 nitrogen and oxygen atoms in total. The number of nitrogens with one attached hydrogen (secondary N) is 1. The molecular formula is C60H119NO8. The van der Waals surface area contributed by atoms with Gasteiger partial charge >= 0.3 is 0 Å². The first-order valence-electron chi connectivity index (χ1n) is 30.7. The van der Waals surface area contributed by atoms with Crippen LogP contribution in [0.2, 0.25) is 0 Å². The molecule has 0 radical (unpaired) electrons. The maximum absolute atomic E-state index is 13.1. The van der Waals surface area contributed by atoms with E-state index in [1.807, 2.05) is 0 Å². The van der Waals surface area contributed by atoms with Crippen molar-refractivity contribution in [2.45, 2.75) is 365 Å². The van der Waals surface area contributed by atoms with E-state index in [0.29, 0.717) is 12.8 Å². The normalized spacial score (nSPS) is 19.3. The number of carbonyl (C=O) groups is 1. The van der Waals surface area contributed by atoms with Gasteiger partial charge in [-0.2, -0.15) is 0 Å². The number of amides is 1. The van der Waals surface area contributed by atoms with E-state index in [1.54, 1.807) is 0 Å². The molecular weight excluding hydrogens is 863 g/mol. The van der Waals surface area contributed by atoms with E-state index in [-0.39, 0.29) is 12.5 Å². The summed E-state index contributed by atoms with van der Waals surface area (Å²) in [7, 11) is 0. The fourth-order valence-electron chi connectivity index (χ4n) is 10.3. The smallest absolute Gasteiger partial charge is 0.220 e. The van der Waals surface area contributed by atoms with Gasteiger partial charge in [0.15, 0.2) is 6.29 Å². The van der Waals surface area contributed by atoms with E-state index >= 15 is 0 Å². The van der Waals surface area contributed by atoms with Gasteiger partial charge in [0.25, 0.3) is 0 Å². The Labute approximate surface area is 427 Å². The van der Waals surface area contributed by atoms with Crippen molar-refractivity contribution in [2.75, 3.05) is 13.2 Å². The van der Waals surface area contributed by atoms with Crippen molar-refractivity contribution < 1.29 is 39.8 Å². The van der Waals surface area contributed by atoms with Gasteiger partial charge in [0, 0.05) is 6.42 Å². The van der Waals surface area contributed by atoms with E-state index < -0.39 is 49.5 Å². The summed E-state index contributed by atoms with van der Waals surface area (Å²) in [5, 5.41) is 54.8. The maximum Gasteiger partial charge on any atom is 0.220 e. The first-order chi connectivity index (χ1) is 33.8. The molecule has 69 heavy (non-hydrogen) atoms.